The number of likely N-dealkylation sites (N-methyl/N-ethyl adjacent to an activating group) is 1. The molecule has 0 spiro atoms. The Morgan fingerprint density at radius 2 is 1.71 bits per heavy atom. The number of nitrogens with one attached hydrogen (secondary N) is 1. The summed E-state index contributed by atoms with van der Waals surface area (Å²) >= 11 is 14.0. The van der Waals surface area contributed by atoms with Crippen molar-refractivity contribution in [3.05, 3.63) is 63.6 Å². The standard InChI is InChI=1S/C21H24Cl2N2O2S/c1-4-19(21(27)24-3)25(12-16-17(22)6-5-7-18(16)23)20(26)13-28-15-10-8-14(2)9-11-15/h5-11,19H,4,12-13H2,1-3H3,(H,24,27). The maximum atomic E-state index is 13.1. The quantitative estimate of drug-likeness (QED) is 0.593. The van der Waals surface area contributed by atoms with E-state index in [9.17, 15) is 9.59 Å². The first kappa shape index (κ1) is 22.6. The van der Waals surface area contributed by atoms with Crippen LogP contribution < -0.4 is 5.32 Å². The molecule has 2 rings (SSSR count). The Balaban J connectivity index is 2.24. The van der Waals surface area contributed by atoms with Gasteiger partial charge in [0.25, 0.3) is 0 Å². The van der Waals surface area contributed by atoms with Crippen LogP contribution in [0.15, 0.2) is 47.4 Å². The lowest BCUT2D eigenvalue weighted by molar-refractivity contribution is -0.139. The third-order valence-corrected chi connectivity index (χ3v) is 6.11. The summed E-state index contributed by atoms with van der Waals surface area (Å²) in [6.07, 6.45) is 0.489. The summed E-state index contributed by atoms with van der Waals surface area (Å²) in [6.45, 7) is 4.07. The maximum absolute atomic E-state index is 13.1. The normalized spacial score (nSPS) is 11.8. The highest BCUT2D eigenvalue weighted by Gasteiger charge is 2.29. The fourth-order valence-corrected chi connectivity index (χ4v) is 4.10. The van der Waals surface area contributed by atoms with Gasteiger partial charge in [0.1, 0.15) is 6.04 Å². The maximum Gasteiger partial charge on any atom is 0.242 e. The average Bonchev–Trinajstić information content (AvgIpc) is 2.69. The number of thioether (sulfide) groups is 1. The monoisotopic (exact) mass is 438 g/mol. The van der Waals surface area contributed by atoms with Crippen LogP contribution in [0.25, 0.3) is 0 Å². The molecule has 4 nitrogen and oxygen atoms in total. The minimum Gasteiger partial charge on any atom is -0.357 e. The molecule has 0 fully saturated rings. The first-order valence-electron chi connectivity index (χ1n) is 9.00. The van der Waals surface area contributed by atoms with Gasteiger partial charge in [0, 0.05) is 34.1 Å². The van der Waals surface area contributed by atoms with E-state index in [-0.39, 0.29) is 24.1 Å². The molecule has 1 unspecified atom stereocenters. The van der Waals surface area contributed by atoms with E-state index >= 15 is 0 Å². The number of carbonyl (C=O) groups excluding carboxylic acids is 2. The minimum atomic E-state index is -0.594. The molecule has 2 aromatic carbocycles. The number of hydrogen-bond acceptors (Lipinski definition) is 3. The van der Waals surface area contributed by atoms with Gasteiger partial charge in [-0.3, -0.25) is 9.59 Å². The van der Waals surface area contributed by atoms with Gasteiger partial charge in [-0.2, -0.15) is 0 Å². The molecule has 0 bridgehead atoms. The molecular weight excluding hydrogens is 415 g/mol. The molecular formula is C21H24Cl2N2O2S. The number of amides is 2. The van der Waals surface area contributed by atoms with E-state index in [1.165, 1.54) is 11.8 Å². The minimum absolute atomic E-state index is 0.142. The summed E-state index contributed by atoms with van der Waals surface area (Å²) in [6, 6.07) is 12.6. The Kier molecular flexibility index (Phi) is 8.67. The molecule has 2 aromatic rings. The molecule has 0 aromatic heterocycles. The van der Waals surface area contributed by atoms with E-state index in [4.69, 9.17) is 23.2 Å². The fourth-order valence-electron chi connectivity index (χ4n) is 2.80. The molecule has 0 saturated heterocycles. The van der Waals surface area contributed by atoms with Crippen LogP contribution in [0.3, 0.4) is 0 Å². The van der Waals surface area contributed by atoms with Gasteiger partial charge in [-0.25, -0.2) is 0 Å². The van der Waals surface area contributed by atoms with Crippen LogP contribution in [0.5, 0.6) is 0 Å². The van der Waals surface area contributed by atoms with Crippen molar-refractivity contribution in [3.8, 4) is 0 Å². The van der Waals surface area contributed by atoms with Crippen LogP contribution in [0.2, 0.25) is 10.0 Å². The van der Waals surface area contributed by atoms with E-state index < -0.39 is 6.04 Å². The van der Waals surface area contributed by atoms with Crippen LogP contribution in [0.1, 0.15) is 24.5 Å². The molecule has 1 N–H and O–H groups in total. The number of carbonyl (C=O) groups is 2. The SMILES string of the molecule is CCC(C(=O)NC)N(Cc1c(Cl)cccc1Cl)C(=O)CSc1ccc(C)cc1. The van der Waals surface area contributed by atoms with E-state index in [1.807, 2.05) is 38.1 Å². The largest absolute Gasteiger partial charge is 0.357 e. The molecule has 7 heteroatoms. The highest BCUT2D eigenvalue weighted by Crippen LogP contribution is 2.28. The van der Waals surface area contributed by atoms with Gasteiger partial charge in [-0.05, 0) is 37.6 Å². The van der Waals surface area contributed by atoms with Gasteiger partial charge in [0.15, 0.2) is 0 Å². The summed E-state index contributed by atoms with van der Waals surface area (Å²) < 4.78 is 0. The van der Waals surface area contributed by atoms with Crippen LogP contribution in [0, 0.1) is 6.92 Å². The van der Waals surface area contributed by atoms with Gasteiger partial charge in [0.2, 0.25) is 11.8 Å². The van der Waals surface area contributed by atoms with Crippen molar-refractivity contribution in [1.82, 2.24) is 10.2 Å². The van der Waals surface area contributed by atoms with Crippen molar-refractivity contribution < 1.29 is 9.59 Å². The number of hydrogen-bond donors (Lipinski definition) is 1. The van der Waals surface area contributed by atoms with Crippen molar-refractivity contribution in [3.63, 3.8) is 0 Å². The van der Waals surface area contributed by atoms with Gasteiger partial charge >= 0.3 is 0 Å². The topological polar surface area (TPSA) is 49.4 Å². The predicted molar refractivity (Wildman–Crippen MR) is 117 cm³/mol. The summed E-state index contributed by atoms with van der Waals surface area (Å²) in [4.78, 5) is 28.0. The summed E-state index contributed by atoms with van der Waals surface area (Å²) in [5.41, 5.74) is 1.80. The molecule has 150 valence electrons. The van der Waals surface area contributed by atoms with E-state index in [0.717, 1.165) is 10.5 Å². The van der Waals surface area contributed by atoms with Gasteiger partial charge in [0.05, 0.1) is 5.75 Å². The molecule has 2 amide bonds. The Labute approximate surface area is 180 Å². The number of rotatable bonds is 8. The van der Waals surface area contributed by atoms with Crippen molar-refractivity contribution in [2.75, 3.05) is 12.8 Å². The Morgan fingerprint density at radius 1 is 1.11 bits per heavy atom. The molecule has 0 aliphatic rings. The van der Waals surface area contributed by atoms with Crippen molar-refractivity contribution in [2.24, 2.45) is 0 Å². The predicted octanol–water partition coefficient (Wildman–Crippen LogP) is 4.95. The highest BCUT2D eigenvalue weighted by atomic mass is 35.5. The van der Waals surface area contributed by atoms with Crippen molar-refractivity contribution in [2.45, 2.75) is 37.8 Å². The van der Waals surface area contributed by atoms with E-state index in [2.05, 4.69) is 5.32 Å². The lowest BCUT2D eigenvalue weighted by Crippen LogP contribution is -2.48. The first-order valence-corrected chi connectivity index (χ1v) is 10.7. The number of benzene rings is 2. The van der Waals surface area contributed by atoms with Gasteiger partial charge < -0.3 is 10.2 Å². The van der Waals surface area contributed by atoms with Crippen LogP contribution in [-0.2, 0) is 16.1 Å². The second kappa shape index (κ2) is 10.7. The Hall–Kier alpha value is -1.69. The molecule has 1 atom stereocenters. The van der Waals surface area contributed by atoms with Crippen LogP contribution in [-0.4, -0.2) is 35.6 Å². The third kappa shape index (κ3) is 5.90. The second-order valence-corrected chi connectivity index (χ2v) is 8.23. The second-order valence-electron chi connectivity index (χ2n) is 6.36. The molecule has 28 heavy (non-hydrogen) atoms. The van der Waals surface area contributed by atoms with Crippen LogP contribution >= 0.6 is 35.0 Å². The van der Waals surface area contributed by atoms with Crippen LogP contribution in [0.4, 0.5) is 0 Å². The molecule has 0 aliphatic carbocycles. The number of halogens is 2. The first-order chi connectivity index (χ1) is 13.4. The molecule has 0 saturated carbocycles. The van der Waals surface area contributed by atoms with Gasteiger partial charge in [-0.15, -0.1) is 11.8 Å². The number of nitrogens with zero attached hydrogens (tertiary/aromatic N) is 1. The third-order valence-electron chi connectivity index (χ3n) is 4.41. The zero-order chi connectivity index (χ0) is 20.7. The molecule has 0 radical (unpaired) electrons. The molecule has 0 aliphatic heterocycles. The summed E-state index contributed by atoms with van der Waals surface area (Å²) in [5.74, 6) is -0.130. The zero-order valence-corrected chi connectivity index (χ0v) is 18.5. The van der Waals surface area contributed by atoms with E-state index in [1.54, 1.807) is 30.1 Å². The highest BCUT2D eigenvalue weighted by molar-refractivity contribution is 8.00. The summed E-state index contributed by atoms with van der Waals surface area (Å²) in [5, 5.41) is 3.59. The zero-order valence-electron chi connectivity index (χ0n) is 16.2. The molecule has 0 heterocycles. The van der Waals surface area contributed by atoms with Gasteiger partial charge in [-0.1, -0.05) is 53.9 Å². The Morgan fingerprint density at radius 3 is 2.25 bits per heavy atom. The summed E-state index contributed by atoms with van der Waals surface area (Å²) in [7, 11) is 1.57. The average molecular weight is 439 g/mol. The van der Waals surface area contributed by atoms with Crippen molar-refractivity contribution >= 4 is 46.8 Å². The lowest BCUT2D eigenvalue weighted by atomic mass is 10.1. The van der Waals surface area contributed by atoms with E-state index in [0.29, 0.717) is 22.0 Å². The fraction of sp³-hybridized carbons (Fsp3) is 0.333. The smallest absolute Gasteiger partial charge is 0.242 e. The van der Waals surface area contributed by atoms with Crippen molar-refractivity contribution in [1.29, 1.82) is 0 Å². The Bertz CT molecular complexity index is 807. The lowest BCUT2D eigenvalue weighted by Gasteiger charge is -2.30. The number of aryl methyl sites for hydroxylation is 1.